The second-order valence-electron chi connectivity index (χ2n) is 6.08. The SMILES string of the molecule is Cc1ccc([N+](=O)[O-])cc1NC(=O)CSc1nnc(-c2ccc(Cl)cc2Cl)n1C. The summed E-state index contributed by atoms with van der Waals surface area (Å²) in [5.41, 5.74) is 1.72. The zero-order valence-electron chi connectivity index (χ0n) is 15.3. The fraction of sp³-hybridized carbons (Fsp3) is 0.167. The normalized spacial score (nSPS) is 10.8. The third-order valence-electron chi connectivity index (χ3n) is 4.05. The lowest BCUT2D eigenvalue weighted by atomic mass is 10.2. The highest BCUT2D eigenvalue weighted by atomic mass is 35.5. The fourth-order valence-corrected chi connectivity index (χ4v) is 3.72. The maximum atomic E-state index is 12.3. The summed E-state index contributed by atoms with van der Waals surface area (Å²) < 4.78 is 1.73. The number of non-ortho nitro benzene ring substituents is 1. The van der Waals surface area contributed by atoms with Crippen molar-refractivity contribution >= 4 is 52.2 Å². The quantitative estimate of drug-likeness (QED) is 0.329. The Hall–Kier alpha value is -2.62. The highest BCUT2D eigenvalue weighted by Crippen LogP contribution is 2.31. The van der Waals surface area contributed by atoms with Gasteiger partial charge in [-0.25, -0.2) is 0 Å². The number of aromatic nitrogens is 3. The van der Waals surface area contributed by atoms with Crippen LogP contribution >= 0.6 is 35.0 Å². The van der Waals surface area contributed by atoms with Gasteiger partial charge in [0.2, 0.25) is 5.91 Å². The van der Waals surface area contributed by atoms with E-state index in [1.165, 1.54) is 23.9 Å². The summed E-state index contributed by atoms with van der Waals surface area (Å²) in [5.74, 6) is 0.291. The molecule has 29 heavy (non-hydrogen) atoms. The Morgan fingerprint density at radius 2 is 2.00 bits per heavy atom. The molecule has 1 amide bonds. The number of nitrogens with one attached hydrogen (secondary N) is 1. The van der Waals surface area contributed by atoms with Gasteiger partial charge < -0.3 is 9.88 Å². The number of halogens is 2. The van der Waals surface area contributed by atoms with Gasteiger partial charge in [0.05, 0.1) is 21.4 Å². The molecule has 2 aromatic carbocycles. The first kappa shape index (κ1) is 21.1. The van der Waals surface area contributed by atoms with Gasteiger partial charge in [0.1, 0.15) is 0 Å². The monoisotopic (exact) mass is 451 g/mol. The Labute approximate surface area is 180 Å². The van der Waals surface area contributed by atoms with Gasteiger partial charge in [-0.3, -0.25) is 14.9 Å². The number of nitrogens with zero attached hydrogens (tertiary/aromatic N) is 4. The summed E-state index contributed by atoms with van der Waals surface area (Å²) >= 11 is 13.3. The van der Waals surface area contributed by atoms with Crippen molar-refractivity contribution in [2.45, 2.75) is 12.1 Å². The van der Waals surface area contributed by atoms with E-state index in [4.69, 9.17) is 23.2 Å². The van der Waals surface area contributed by atoms with Gasteiger partial charge in [0.25, 0.3) is 5.69 Å². The van der Waals surface area contributed by atoms with Crippen LogP contribution in [0.3, 0.4) is 0 Å². The van der Waals surface area contributed by atoms with E-state index in [9.17, 15) is 14.9 Å². The summed E-state index contributed by atoms with van der Waals surface area (Å²) in [6, 6.07) is 9.39. The molecule has 0 aliphatic carbocycles. The van der Waals surface area contributed by atoms with Gasteiger partial charge >= 0.3 is 0 Å². The second-order valence-corrected chi connectivity index (χ2v) is 7.87. The summed E-state index contributed by atoms with van der Waals surface area (Å²) in [6.45, 7) is 1.76. The molecule has 11 heteroatoms. The van der Waals surface area contributed by atoms with Gasteiger partial charge in [-0.05, 0) is 30.7 Å². The van der Waals surface area contributed by atoms with E-state index in [0.29, 0.717) is 32.3 Å². The number of carbonyl (C=O) groups is 1. The highest BCUT2D eigenvalue weighted by Gasteiger charge is 2.16. The molecule has 150 valence electrons. The number of nitro groups is 1. The number of rotatable bonds is 6. The Kier molecular flexibility index (Phi) is 6.41. The maximum absolute atomic E-state index is 12.3. The van der Waals surface area contributed by atoms with Crippen molar-refractivity contribution in [3.05, 3.63) is 62.1 Å². The molecule has 0 aliphatic rings. The summed E-state index contributed by atoms with van der Waals surface area (Å²) in [4.78, 5) is 22.7. The van der Waals surface area contributed by atoms with E-state index >= 15 is 0 Å². The van der Waals surface area contributed by atoms with E-state index in [0.717, 1.165) is 5.56 Å². The molecule has 0 saturated heterocycles. The van der Waals surface area contributed by atoms with Gasteiger partial charge in [-0.15, -0.1) is 10.2 Å². The number of anilines is 1. The molecule has 3 aromatic rings. The molecule has 0 aliphatic heterocycles. The molecule has 0 unspecified atom stereocenters. The topological polar surface area (TPSA) is 103 Å². The van der Waals surface area contributed by atoms with Crippen LogP contribution in [0.15, 0.2) is 41.6 Å². The molecule has 3 rings (SSSR count). The summed E-state index contributed by atoms with van der Waals surface area (Å²) in [7, 11) is 1.77. The fourth-order valence-electron chi connectivity index (χ4n) is 2.52. The average Bonchev–Trinajstić information content (AvgIpc) is 3.02. The number of benzene rings is 2. The number of carbonyl (C=O) groups excluding carboxylic acids is 1. The van der Waals surface area contributed by atoms with Gasteiger partial charge in [-0.1, -0.05) is 41.0 Å². The zero-order valence-corrected chi connectivity index (χ0v) is 17.7. The van der Waals surface area contributed by atoms with Crippen LogP contribution in [-0.4, -0.2) is 31.3 Å². The summed E-state index contributed by atoms with van der Waals surface area (Å²) in [6.07, 6.45) is 0. The lowest BCUT2D eigenvalue weighted by Crippen LogP contribution is -2.15. The molecule has 1 N–H and O–H groups in total. The third-order valence-corrected chi connectivity index (χ3v) is 5.61. The first-order chi connectivity index (χ1) is 13.8. The molecule has 8 nitrogen and oxygen atoms in total. The van der Waals surface area contributed by atoms with E-state index < -0.39 is 4.92 Å². The number of thioether (sulfide) groups is 1. The zero-order chi connectivity index (χ0) is 21.1. The minimum absolute atomic E-state index is 0.0580. The van der Waals surface area contributed by atoms with E-state index in [1.54, 1.807) is 42.8 Å². The molecule has 0 spiro atoms. The largest absolute Gasteiger partial charge is 0.325 e. The molecular formula is C18H15Cl2N5O3S. The van der Waals surface area contributed by atoms with Crippen LogP contribution in [0.25, 0.3) is 11.4 Å². The van der Waals surface area contributed by atoms with Gasteiger partial charge in [-0.2, -0.15) is 0 Å². The smallest absolute Gasteiger partial charge is 0.271 e. The van der Waals surface area contributed by atoms with Crippen molar-refractivity contribution in [1.29, 1.82) is 0 Å². The van der Waals surface area contributed by atoms with E-state index in [1.807, 2.05) is 0 Å². The van der Waals surface area contributed by atoms with Crippen LogP contribution in [-0.2, 0) is 11.8 Å². The Bertz CT molecular complexity index is 1100. The molecule has 0 saturated carbocycles. The van der Waals surface area contributed by atoms with Crippen LogP contribution < -0.4 is 5.32 Å². The van der Waals surface area contributed by atoms with Crippen molar-refractivity contribution in [3.63, 3.8) is 0 Å². The minimum Gasteiger partial charge on any atom is -0.325 e. The highest BCUT2D eigenvalue weighted by molar-refractivity contribution is 7.99. The van der Waals surface area contributed by atoms with Crippen molar-refractivity contribution in [2.24, 2.45) is 7.05 Å². The lowest BCUT2D eigenvalue weighted by Gasteiger charge is -2.08. The standard InChI is InChI=1S/C18H15Cl2N5O3S/c1-10-3-5-12(25(27)28)8-15(10)21-16(26)9-29-18-23-22-17(24(18)2)13-6-4-11(19)7-14(13)20/h3-8H,9H2,1-2H3,(H,21,26). The molecule has 1 aromatic heterocycles. The first-order valence-corrected chi connectivity index (χ1v) is 10.0. The van der Waals surface area contributed by atoms with Gasteiger partial charge in [0, 0.05) is 29.8 Å². The summed E-state index contributed by atoms with van der Waals surface area (Å²) in [5, 5.41) is 23.3. The Morgan fingerprint density at radius 1 is 1.24 bits per heavy atom. The second kappa shape index (κ2) is 8.81. The van der Waals surface area contributed by atoms with Crippen LogP contribution in [0.1, 0.15) is 5.56 Å². The Morgan fingerprint density at radius 3 is 2.69 bits per heavy atom. The number of aryl methyl sites for hydroxylation is 1. The molecule has 0 atom stereocenters. The van der Waals surface area contributed by atoms with Crippen LogP contribution in [0, 0.1) is 17.0 Å². The molecule has 1 heterocycles. The lowest BCUT2D eigenvalue weighted by molar-refractivity contribution is -0.384. The number of amides is 1. The molecule has 0 fully saturated rings. The predicted molar refractivity (Wildman–Crippen MR) is 114 cm³/mol. The van der Waals surface area contributed by atoms with Crippen molar-refractivity contribution in [2.75, 3.05) is 11.1 Å². The van der Waals surface area contributed by atoms with Crippen LogP contribution in [0.2, 0.25) is 10.0 Å². The predicted octanol–water partition coefficient (Wildman–Crippen LogP) is 4.74. The van der Waals surface area contributed by atoms with Crippen molar-refractivity contribution in [3.8, 4) is 11.4 Å². The molecular weight excluding hydrogens is 437 g/mol. The van der Waals surface area contributed by atoms with Crippen molar-refractivity contribution in [1.82, 2.24) is 14.8 Å². The van der Waals surface area contributed by atoms with Crippen molar-refractivity contribution < 1.29 is 9.72 Å². The van der Waals surface area contributed by atoms with Gasteiger partial charge in [0.15, 0.2) is 11.0 Å². The van der Waals surface area contributed by atoms with Crippen LogP contribution in [0.4, 0.5) is 11.4 Å². The average molecular weight is 452 g/mol. The molecule has 0 radical (unpaired) electrons. The van der Waals surface area contributed by atoms with Crippen LogP contribution in [0.5, 0.6) is 0 Å². The molecule has 0 bridgehead atoms. The number of nitro benzene ring substituents is 1. The number of hydrogen-bond donors (Lipinski definition) is 1. The minimum atomic E-state index is -0.507. The number of hydrogen-bond acceptors (Lipinski definition) is 6. The first-order valence-electron chi connectivity index (χ1n) is 8.28. The maximum Gasteiger partial charge on any atom is 0.271 e. The van der Waals surface area contributed by atoms with E-state index in [2.05, 4.69) is 15.5 Å². The van der Waals surface area contributed by atoms with E-state index in [-0.39, 0.29) is 17.3 Å². The third kappa shape index (κ3) is 4.87. The Balaban J connectivity index is 1.69.